The average Bonchev–Trinajstić information content (AvgIpc) is 3.26. The van der Waals surface area contributed by atoms with Crippen molar-refractivity contribution in [3.63, 3.8) is 0 Å². The number of amides is 1. The maximum atomic E-state index is 13.8. The number of carbonyl (C=O) groups excluding carboxylic acids is 1. The standard InChI is InChI=1S/C18H18FNOS/c1-13-6-9-16(22-13)10-11-18(21)20(15-7-8-15)12-14-4-2-3-5-17(14)19/h2-6,9-11,15H,7-8,12H2,1H3/b11-10+. The molecule has 0 bridgehead atoms. The zero-order valence-electron chi connectivity index (χ0n) is 12.5. The third-order valence-corrected chi connectivity index (χ3v) is 4.69. The molecule has 0 aliphatic heterocycles. The summed E-state index contributed by atoms with van der Waals surface area (Å²) in [6.07, 6.45) is 5.46. The van der Waals surface area contributed by atoms with Crippen molar-refractivity contribution >= 4 is 23.3 Å². The molecular weight excluding hydrogens is 297 g/mol. The summed E-state index contributed by atoms with van der Waals surface area (Å²) < 4.78 is 13.8. The van der Waals surface area contributed by atoms with E-state index in [0.29, 0.717) is 12.1 Å². The molecule has 0 unspecified atom stereocenters. The van der Waals surface area contributed by atoms with Crippen molar-refractivity contribution in [2.75, 3.05) is 0 Å². The molecule has 1 amide bonds. The van der Waals surface area contributed by atoms with E-state index in [2.05, 4.69) is 0 Å². The third kappa shape index (κ3) is 3.63. The Bertz CT molecular complexity index is 703. The van der Waals surface area contributed by atoms with E-state index in [1.165, 1.54) is 10.9 Å². The molecule has 114 valence electrons. The molecule has 22 heavy (non-hydrogen) atoms. The summed E-state index contributed by atoms with van der Waals surface area (Å²) in [6, 6.07) is 10.9. The summed E-state index contributed by atoms with van der Waals surface area (Å²) in [5, 5.41) is 0. The molecule has 1 saturated carbocycles. The zero-order chi connectivity index (χ0) is 15.5. The number of nitrogens with zero attached hydrogens (tertiary/aromatic N) is 1. The molecule has 0 saturated heterocycles. The molecular formula is C18H18FNOS. The van der Waals surface area contributed by atoms with Gasteiger partial charge in [0, 0.05) is 34.0 Å². The van der Waals surface area contributed by atoms with Crippen LogP contribution < -0.4 is 0 Å². The summed E-state index contributed by atoms with van der Waals surface area (Å²) in [5.74, 6) is -0.296. The fourth-order valence-corrected chi connectivity index (χ4v) is 3.16. The quantitative estimate of drug-likeness (QED) is 0.749. The second-order valence-electron chi connectivity index (χ2n) is 5.57. The van der Waals surface area contributed by atoms with Crippen LogP contribution >= 0.6 is 11.3 Å². The minimum Gasteiger partial charge on any atom is -0.332 e. The molecule has 1 aromatic carbocycles. The Morgan fingerprint density at radius 2 is 2.09 bits per heavy atom. The van der Waals surface area contributed by atoms with Gasteiger partial charge in [0.05, 0.1) is 0 Å². The van der Waals surface area contributed by atoms with Crippen molar-refractivity contribution < 1.29 is 9.18 Å². The Morgan fingerprint density at radius 3 is 2.73 bits per heavy atom. The highest BCUT2D eigenvalue weighted by Gasteiger charge is 2.31. The van der Waals surface area contributed by atoms with Gasteiger partial charge in [-0.2, -0.15) is 0 Å². The van der Waals surface area contributed by atoms with E-state index in [9.17, 15) is 9.18 Å². The van der Waals surface area contributed by atoms with Gasteiger partial charge in [0.15, 0.2) is 0 Å². The molecule has 1 aliphatic rings. The van der Waals surface area contributed by atoms with E-state index < -0.39 is 0 Å². The Hall–Kier alpha value is -1.94. The van der Waals surface area contributed by atoms with Crippen molar-refractivity contribution in [2.45, 2.75) is 32.4 Å². The molecule has 1 aromatic heterocycles. The molecule has 0 atom stereocenters. The molecule has 3 rings (SSSR count). The fourth-order valence-electron chi connectivity index (χ4n) is 2.38. The summed E-state index contributed by atoms with van der Waals surface area (Å²) in [6.45, 7) is 2.38. The first-order valence-electron chi connectivity index (χ1n) is 7.42. The summed E-state index contributed by atoms with van der Waals surface area (Å²) in [4.78, 5) is 16.5. The molecule has 1 fully saturated rings. The van der Waals surface area contributed by atoms with Crippen LogP contribution in [0.5, 0.6) is 0 Å². The van der Waals surface area contributed by atoms with Crippen molar-refractivity contribution in [3.8, 4) is 0 Å². The van der Waals surface area contributed by atoms with E-state index in [1.54, 1.807) is 40.5 Å². The number of hydrogen-bond donors (Lipinski definition) is 0. The minimum absolute atomic E-state index is 0.0446. The van der Waals surface area contributed by atoms with Crippen molar-refractivity contribution in [2.24, 2.45) is 0 Å². The van der Waals surface area contributed by atoms with Gasteiger partial charge in [-0.1, -0.05) is 18.2 Å². The van der Waals surface area contributed by atoms with Gasteiger partial charge in [-0.3, -0.25) is 4.79 Å². The van der Waals surface area contributed by atoms with Crippen LogP contribution in [0, 0.1) is 12.7 Å². The maximum absolute atomic E-state index is 13.8. The summed E-state index contributed by atoms with van der Waals surface area (Å²) in [7, 11) is 0. The molecule has 0 spiro atoms. The lowest BCUT2D eigenvalue weighted by molar-refractivity contribution is -0.127. The van der Waals surface area contributed by atoms with E-state index in [1.807, 2.05) is 25.1 Å². The molecule has 1 heterocycles. The first-order valence-corrected chi connectivity index (χ1v) is 8.23. The maximum Gasteiger partial charge on any atom is 0.247 e. The highest BCUT2D eigenvalue weighted by molar-refractivity contribution is 7.12. The molecule has 4 heteroatoms. The molecule has 1 aliphatic carbocycles. The Balaban J connectivity index is 1.72. The number of benzene rings is 1. The molecule has 0 radical (unpaired) electrons. The largest absolute Gasteiger partial charge is 0.332 e. The highest BCUT2D eigenvalue weighted by Crippen LogP contribution is 2.29. The first-order chi connectivity index (χ1) is 10.6. The van der Waals surface area contributed by atoms with Gasteiger partial charge in [-0.05, 0) is 44.0 Å². The fraction of sp³-hybridized carbons (Fsp3) is 0.278. The lowest BCUT2D eigenvalue weighted by Gasteiger charge is -2.21. The second-order valence-corrected chi connectivity index (χ2v) is 6.89. The number of carbonyl (C=O) groups is 1. The Kier molecular flexibility index (Phi) is 4.39. The summed E-state index contributed by atoms with van der Waals surface area (Å²) >= 11 is 1.65. The third-order valence-electron chi connectivity index (χ3n) is 3.72. The van der Waals surface area contributed by atoms with Gasteiger partial charge in [-0.25, -0.2) is 4.39 Å². The normalized spacial score (nSPS) is 14.5. The number of thiophene rings is 1. The van der Waals surface area contributed by atoms with E-state index in [4.69, 9.17) is 0 Å². The van der Waals surface area contributed by atoms with Gasteiger partial charge < -0.3 is 4.90 Å². The van der Waals surface area contributed by atoms with Crippen LogP contribution in [0.1, 0.15) is 28.2 Å². The summed E-state index contributed by atoms with van der Waals surface area (Å²) in [5.41, 5.74) is 0.572. The van der Waals surface area contributed by atoms with Crippen molar-refractivity contribution in [1.82, 2.24) is 4.90 Å². The zero-order valence-corrected chi connectivity index (χ0v) is 13.3. The molecule has 2 nitrogen and oxygen atoms in total. The van der Waals surface area contributed by atoms with E-state index in [0.717, 1.165) is 17.7 Å². The number of halogens is 1. The van der Waals surface area contributed by atoms with Gasteiger partial charge in [0.25, 0.3) is 0 Å². The average molecular weight is 315 g/mol. The van der Waals surface area contributed by atoms with Gasteiger partial charge in [0.2, 0.25) is 5.91 Å². The Morgan fingerprint density at radius 1 is 1.32 bits per heavy atom. The molecule has 2 aromatic rings. The number of aryl methyl sites for hydroxylation is 1. The first kappa shape index (κ1) is 15.0. The topological polar surface area (TPSA) is 20.3 Å². The van der Waals surface area contributed by atoms with Crippen LogP contribution in [0.3, 0.4) is 0 Å². The van der Waals surface area contributed by atoms with Crippen LogP contribution in [0.2, 0.25) is 0 Å². The highest BCUT2D eigenvalue weighted by atomic mass is 32.1. The Labute approximate surface area is 133 Å². The number of rotatable bonds is 5. The van der Waals surface area contributed by atoms with Gasteiger partial charge >= 0.3 is 0 Å². The van der Waals surface area contributed by atoms with Gasteiger partial charge in [-0.15, -0.1) is 11.3 Å². The second kappa shape index (κ2) is 6.44. The van der Waals surface area contributed by atoms with Crippen LogP contribution in [0.4, 0.5) is 4.39 Å². The SMILES string of the molecule is Cc1ccc(/C=C/C(=O)N(Cc2ccccc2F)C2CC2)s1. The van der Waals surface area contributed by atoms with Crippen molar-refractivity contribution in [3.05, 3.63) is 63.6 Å². The van der Waals surface area contributed by atoms with Crippen LogP contribution in [-0.4, -0.2) is 16.8 Å². The lowest BCUT2D eigenvalue weighted by atomic mass is 10.2. The van der Waals surface area contributed by atoms with E-state index >= 15 is 0 Å². The van der Waals surface area contributed by atoms with Crippen LogP contribution in [0.25, 0.3) is 6.08 Å². The molecule has 0 N–H and O–H groups in total. The smallest absolute Gasteiger partial charge is 0.247 e. The lowest BCUT2D eigenvalue weighted by Crippen LogP contribution is -2.31. The van der Waals surface area contributed by atoms with Gasteiger partial charge in [0.1, 0.15) is 5.82 Å². The predicted octanol–water partition coefficient (Wildman–Crippen LogP) is 4.40. The van der Waals surface area contributed by atoms with Crippen LogP contribution in [-0.2, 0) is 11.3 Å². The van der Waals surface area contributed by atoms with E-state index in [-0.39, 0.29) is 17.8 Å². The number of hydrogen-bond acceptors (Lipinski definition) is 2. The predicted molar refractivity (Wildman–Crippen MR) is 88.1 cm³/mol. The minimum atomic E-state index is -0.251. The van der Waals surface area contributed by atoms with Crippen molar-refractivity contribution in [1.29, 1.82) is 0 Å². The monoisotopic (exact) mass is 315 g/mol. The van der Waals surface area contributed by atoms with Crippen LogP contribution in [0.15, 0.2) is 42.5 Å².